The summed E-state index contributed by atoms with van der Waals surface area (Å²) in [5, 5.41) is 10.1. The molecular formula is C16H11NO3. The van der Waals surface area contributed by atoms with Gasteiger partial charge in [0.15, 0.2) is 5.75 Å². The molecule has 0 aliphatic carbocycles. The Labute approximate surface area is 115 Å². The maximum absolute atomic E-state index is 12.0. The fourth-order valence-corrected chi connectivity index (χ4v) is 1.91. The molecule has 0 amide bonds. The lowest BCUT2D eigenvalue weighted by atomic mass is 10.2. The van der Waals surface area contributed by atoms with Gasteiger partial charge in [-0.05, 0) is 36.4 Å². The number of rotatable bonds is 2. The minimum absolute atomic E-state index is 0.105. The molecular weight excluding hydrogens is 254 g/mol. The number of pyridine rings is 1. The second kappa shape index (κ2) is 5.01. The van der Waals surface area contributed by atoms with Crippen molar-refractivity contribution < 1.29 is 14.6 Å². The van der Waals surface area contributed by atoms with Crippen molar-refractivity contribution in [1.82, 2.24) is 4.98 Å². The van der Waals surface area contributed by atoms with E-state index in [1.165, 1.54) is 24.3 Å². The third-order valence-electron chi connectivity index (χ3n) is 2.90. The first kappa shape index (κ1) is 12.2. The molecule has 98 valence electrons. The predicted molar refractivity (Wildman–Crippen MR) is 74.8 cm³/mol. The Hall–Kier alpha value is -2.88. The lowest BCUT2D eigenvalue weighted by molar-refractivity contribution is 0.0737. The fraction of sp³-hybridized carbons (Fsp3) is 0. The van der Waals surface area contributed by atoms with Crippen LogP contribution in [0.4, 0.5) is 0 Å². The Balaban J connectivity index is 1.93. The summed E-state index contributed by atoms with van der Waals surface area (Å²) in [6.07, 6.45) is 1.65. The Morgan fingerprint density at radius 2 is 1.75 bits per heavy atom. The molecule has 0 aliphatic rings. The minimum atomic E-state index is -0.483. The summed E-state index contributed by atoms with van der Waals surface area (Å²) in [6, 6.07) is 15.0. The molecule has 1 N–H and O–H groups in total. The standard InChI is InChI=1S/C16H11NO3/c18-13-8-6-12(7-9-13)16(19)20-14-5-1-3-11-4-2-10-17-15(11)14/h1-10,18H. The lowest BCUT2D eigenvalue weighted by Gasteiger charge is -2.06. The molecule has 20 heavy (non-hydrogen) atoms. The summed E-state index contributed by atoms with van der Waals surface area (Å²) < 4.78 is 5.37. The van der Waals surface area contributed by atoms with Gasteiger partial charge in [-0.15, -0.1) is 0 Å². The molecule has 3 aromatic rings. The van der Waals surface area contributed by atoms with Gasteiger partial charge in [0, 0.05) is 11.6 Å². The number of esters is 1. The maximum Gasteiger partial charge on any atom is 0.343 e. The van der Waals surface area contributed by atoms with E-state index in [0.29, 0.717) is 16.8 Å². The number of hydrogen-bond donors (Lipinski definition) is 1. The number of carbonyl (C=O) groups excluding carboxylic acids is 1. The largest absolute Gasteiger partial charge is 0.508 e. The van der Waals surface area contributed by atoms with Gasteiger partial charge in [0.1, 0.15) is 11.3 Å². The van der Waals surface area contributed by atoms with Crippen molar-refractivity contribution in [2.45, 2.75) is 0 Å². The van der Waals surface area contributed by atoms with Crippen LogP contribution in [0.5, 0.6) is 11.5 Å². The number of carbonyl (C=O) groups is 1. The highest BCUT2D eigenvalue weighted by atomic mass is 16.5. The molecule has 0 radical (unpaired) electrons. The first-order valence-electron chi connectivity index (χ1n) is 6.09. The number of phenolic OH excluding ortho intramolecular Hbond substituents is 1. The van der Waals surface area contributed by atoms with Crippen LogP contribution in [0, 0.1) is 0 Å². The Bertz CT molecular complexity index is 761. The van der Waals surface area contributed by atoms with Crippen molar-refractivity contribution in [2.75, 3.05) is 0 Å². The van der Waals surface area contributed by atoms with Crippen molar-refractivity contribution in [1.29, 1.82) is 0 Å². The molecule has 0 saturated heterocycles. The SMILES string of the molecule is O=C(Oc1cccc2cccnc12)c1ccc(O)cc1. The number of para-hydroxylation sites is 1. The highest BCUT2D eigenvalue weighted by Crippen LogP contribution is 2.24. The van der Waals surface area contributed by atoms with Gasteiger partial charge in [-0.1, -0.05) is 18.2 Å². The van der Waals surface area contributed by atoms with E-state index in [1.807, 2.05) is 24.3 Å². The average Bonchev–Trinajstić information content (AvgIpc) is 2.48. The van der Waals surface area contributed by atoms with Crippen LogP contribution in [-0.2, 0) is 0 Å². The van der Waals surface area contributed by atoms with Crippen LogP contribution < -0.4 is 4.74 Å². The second-order valence-electron chi connectivity index (χ2n) is 4.27. The molecule has 0 saturated carbocycles. The molecule has 0 atom stereocenters. The van der Waals surface area contributed by atoms with Crippen LogP contribution in [0.1, 0.15) is 10.4 Å². The van der Waals surface area contributed by atoms with Crippen LogP contribution >= 0.6 is 0 Å². The minimum Gasteiger partial charge on any atom is -0.508 e. The molecule has 1 aromatic heterocycles. The molecule has 0 fully saturated rings. The number of aromatic hydroxyl groups is 1. The van der Waals surface area contributed by atoms with E-state index in [1.54, 1.807) is 12.3 Å². The monoisotopic (exact) mass is 265 g/mol. The third-order valence-corrected chi connectivity index (χ3v) is 2.90. The summed E-state index contributed by atoms with van der Waals surface area (Å²) in [7, 11) is 0. The summed E-state index contributed by atoms with van der Waals surface area (Å²) in [6.45, 7) is 0. The van der Waals surface area contributed by atoms with Crippen molar-refractivity contribution in [2.24, 2.45) is 0 Å². The van der Waals surface area contributed by atoms with E-state index >= 15 is 0 Å². The summed E-state index contributed by atoms with van der Waals surface area (Å²) in [4.78, 5) is 16.3. The van der Waals surface area contributed by atoms with Crippen molar-refractivity contribution in [3.8, 4) is 11.5 Å². The topological polar surface area (TPSA) is 59.4 Å². The third kappa shape index (κ3) is 2.31. The highest BCUT2D eigenvalue weighted by molar-refractivity contribution is 5.94. The zero-order chi connectivity index (χ0) is 13.9. The number of nitrogens with zero attached hydrogens (tertiary/aromatic N) is 1. The molecule has 0 bridgehead atoms. The van der Waals surface area contributed by atoms with E-state index in [9.17, 15) is 9.90 Å². The molecule has 4 nitrogen and oxygen atoms in total. The zero-order valence-corrected chi connectivity index (χ0v) is 10.5. The second-order valence-corrected chi connectivity index (χ2v) is 4.27. The number of hydrogen-bond acceptors (Lipinski definition) is 4. The quantitative estimate of drug-likeness (QED) is 0.571. The highest BCUT2D eigenvalue weighted by Gasteiger charge is 2.11. The summed E-state index contributed by atoms with van der Waals surface area (Å²) in [5.41, 5.74) is 1.01. The Morgan fingerprint density at radius 1 is 1.00 bits per heavy atom. The number of phenols is 1. The van der Waals surface area contributed by atoms with Gasteiger partial charge in [-0.25, -0.2) is 4.79 Å². The molecule has 1 heterocycles. The van der Waals surface area contributed by atoms with Crippen molar-refractivity contribution >= 4 is 16.9 Å². The van der Waals surface area contributed by atoms with Gasteiger partial charge < -0.3 is 9.84 Å². The molecule has 0 aliphatic heterocycles. The van der Waals surface area contributed by atoms with Gasteiger partial charge in [-0.3, -0.25) is 4.98 Å². The molecule has 0 spiro atoms. The number of aromatic nitrogens is 1. The molecule has 0 unspecified atom stereocenters. The van der Waals surface area contributed by atoms with Gasteiger partial charge in [0.25, 0.3) is 0 Å². The normalized spacial score (nSPS) is 10.4. The van der Waals surface area contributed by atoms with Gasteiger partial charge in [-0.2, -0.15) is 0 Å². The lowest BCUT2D eigenvalue weighted by Crippen LogP contribution is -2.08. The Kier molecular flexibility index (Phi) is 3.05. The molecule has 4 heteroatoms. The smallest absolute Gasteiger partial charge is 0.343 e. The van der Waals surface area contributed by atoms with E-state index in [-0.39, 0.29) is 5.75 Å². The fourth-order valence-electron chi connectivity index (χ4n) is 1.91. The molecule has 3 rings (SSSR count). The summed E-state index contributed by atoms with van der Waals surface area (Å²) in [5.74, 6) is 0.0395. The van der Waals surface area contributed by atoms with Gasteiger partial charge in [0.2, 0.25) is 0 Å². The van der Waals surface area contributed by atoms with Crippen LogP contribution in [0.2, 0.25) is 0 Å². The maximum atomic E-state index is 12.0. The first-order valence-corrected chi connectivity index (χ1v) is 6.09. The van der Waals surface area contributed by atoms with E-state index < -0.39 is 5.97 Å². The Morgan fingerprint density at radius 3 is 2.55 bits per heavy atom. The van der Waals surface area contributed by atoms with Crippen molar-refractivity contribution in [3.05, 3.63) is 66.4 Å². The average molecular weight is 265 g/mol. The van der Waals surface area contributed by atoms with Crippen LogP contribution in [0.25, 0.3) is 10.9 Å². The van der Waals surface area contributed by atoms with Crippen LogP contribution in [0.3, 0.4) is 0 Å². The van der Waals surface area contributed by atoms with E-state index in [2.05, 4.69) is 4.98 Å². The number of ether oxygens (including phenoxy) is 1. The van der Waals surface area contributed by atoms with Crippen molar-refractivity contribution in [3.63, 3.8) is 0 Å². The van der Waals surface area contributed by atoms with Gasteiger partial charge >= 0.3 is 5.97 Å². The van der Waals surface area contributed by atoms with Crippen LogP contribution in [-0.4, -0.2) is 16.1 Å². The molecule has 2 aromatic carbocycles. The van der Waals surface area contributed by atoms with E-state index in [0.717, 1.165) is 5.39 Å². The predicted octanol–water partition coefficient (Wildman–Crippen LogP) is 3.16. The first-order chi connectivity index (χ1) is 9.74. The zero-order valence-electron chi connectivity index (χ0n) is 10.5. The van der Waals surface area contributed by atoms with E-state index in [4.69, 9.17) is 4.74 Å². The van der Waals surface area contributed by atoms with Gasteiger partial charge in [0.05, 0.1) is 5.56 Å². The van der Waals surface area contributed by atoms with Crippen LogP contribution in [0.15, 0.2) is 60.8 Å². The number of fused-ring (bicyclic) bond motifs is 1. The number of benzene rings is 2. The summed E-state index contributed by atoms with van der Waals surface area (Å²) >= 11 is 0.